The molecule has 9 aromatic rings. The summed E-state index contributed by atoms with van der Waals surface area (Å²) in [7, 11) is 0. The van der Waals surface area contributed by atoms with Gasteiger partial charge in [0.2, 0.25) is 0 Å². The second-order valence-corrected chi connectivity index (χ2v) is 10.4. The molecule has 9 rings (SSSR count). The van der Waals surface area contributed by atoms with Crippen LogP contribution in [-0.2, 0) is 0 Å². The van der Waals surface area contributed by atoms with Gasteiger partial charge in [0.05, 0.1) is 11.0 Å². The normalized spacial score (nSPS) is 11.9. The molecule has 0 saturated heterocycles. The molecule has 0 amide bonds. The van der Waals surface area contributed by atoms with E-state index in [1.807, 2.05) is 0 Å². The predicted molar refractivity (Wildman–Crippen MR) is 167 cm³/mol. The van der Waals surface area contributed by atoms with Gasteiger partial charge in [-0.05, 0) is 56.6 Å². The highest BCUT2D eigenvalue weighted by Crippen LogP contribution is 2.39. The van der Waals surface area contributed by atoms with Crippen molar-refractivity contribution in [3.8, 4) is 17.1 Å². The van der Waals surface area contributed by atoms with E-state index in [4.69, 9.17) is 20.2 Å². The molecule has 0 aliphatic heterocycles. The van der Waals surface area contributed by atoms with Gasteiger partial charge >= 0.3 is 0 Å². The summed E-state index contributed by atoms with van der Waals surface area (Å²) in [5.74, 6) is 0.670. The van der Waals surface area contributed by atoms with Gasteiger partial charge in [0.1, 0.15) is 16.7 Å². The standard InChI is InChI=1S/C36H21N5/c1-2-9-24-19-27(14-13-22(24)7-1)33-34-35(38-18-17-37-34)36(40-39-33)41-30-16-15-23-8-5-6-12-28(23)32(30)29-20-25-10-3-4-11-26(25)21-31(29)41/h1-21H. The Kier molecular flexibility index (Phi) is 4.55. The van der Waals surface area contributed by atoms with E-state index in [1.54, 1.807) is 12.4 Å². The van der Waals surface area contributed by atoms with E-state index in [9.17, 15) is 0 Å². The minimum atomic E-state index is 0.670. The topological polar surface area (TPSA) is 56.5 Å². The maximum Gasteiger partial charge on any atom is 0.188 e. The van der Waals surface area contributed by atoms with E-state index in [1.165, 1.54) is 37.7 Å². The van der Waals surface area contributed by atoms with Crippen LogP contribution >= 0.6 is 0 Å². The van der Waals surface area contributed by atoms with E-state index in [0.29, 0.717) is 11.3 Å². The summed E-state index contributed by atoms with van der Waals surface area (Å²) < 4.78 is 2.21. The van der Waals surface area contributed by atoms with E-state index >= 15 is 0 Å². The van der Waals surface area contributed by atoms with E-state index < -0.39 is 0 Å². The van der Waals surface area contributed by atoms with Gasteiger partial charge in [-0.3, -0.25) is 9.55 Å². The van der Waals surface area contributed by atoms with Crippen LogP contribution < -0.4 is 0 Å². The molecule has 6 aromatic carbocycles. The van der Waals surface area contributed by atoms with Crippen LogP contribution in [0.1, 0.15) is 0 Å². The largest absolute Gasteiger partial charge is 0.290 e. The molecule has 0 saturated carbocycles. The maximum atomic E-state index is 4.88. The monoisotopic (exact) mass is 523 g/mol. The van der Waals surface area contributed by atoms with Crippen molar-refractivity contribution in [2.24, 2.45) is 0 Å². The highest BCUT2D eigenvalue weighted by Gasteiger charge is 2.21. The number of hydrogen-bond donors (Lipinski definition) is 0. The smallest absolute Gasteiger partial charge is 0.188 e. The number of aromatic nitrogens is 5. The molecule has 0 spiro atoms. The average Bonchev–Trinajstić information content (AvgIpc) is 3.36. The van der Waals surface area contributed by atoms with Gasteiger partial charge < -0.3 is 0 Å². The van der Waals surface area contributed by atoms with Gasteiger partial charge in [-0.15, -0.1) is 10.2 Å². The van der Waals surface area contributed by atoms with Crippen LogP contribution in [0.4, 0.5) is 0 Å². The summed E-state index contributed by atoms with van der Waals surface area (Å²) in [6.45, 7) is 0. The lowest BCUT2D eigenvalue weighted by Crippen LogP contribution is -2.04. The molecule has 5 nitrogen and oxygen atoms in total. The van der Waals surface area contributed by atoms with Gasteiger partial charge in [-0.1, -0.05) is 91.0 Å². The molecule has 0 atom stereocenters. The summed E-state index contributed by atoms with van der Waals surface area (Å²) in [6, 6.07) is 40.6. The first-order chi connectivity index (χ1) is 20.3. The van der Waals surface area contributed by atoms with Gasteiger partial charge in [-0.25, -0.2) is 4.98 Å². The van der Waals surface area contributed by atoms with Crippen molar-refractivity contribution in [1.82, 2.24) is 24.7 Å². The molecular weight excluding hydrogens is 502 g/mol. The first kappa shape index (κ1) is 22.2. The first-order valence-electron chi connectivity index (χ1n) is 13.7. The molecule has 0 aliphatic carbocycles. The highest BCUT2D eigenvalue weighted by molar-refractivity contribution is 6.23. The zero-order valence-electron chi connectivity index (χ0n) is 21.9. The van der Waals surface area contributed by atoms with Crippen molar-refractivity contribution >= 4 is 65.2 Å². The second-order valence-electron chi connectivity index (χ2n) is 10.4. The third-order valence-electron chi connectivity index (χ3n) is 8.14. The minimum absolute atomic E-state index is 0.670. The van der Waals surface area contributed by atoms with Gasteiger partial charge in [0, 0.05) is 28.7 Å². The molecule has 0 radical (unpaired) electrons. The Morgan fingerprint density at radius 1 is 0.463 bits per heavy atom. The number of benzene rings is 6. The summed E-state index contributed by atoms with van der Waals surface area (Å²) >= 11 is 0. The summed E-state index contributed by atoms with van der Waals surface area (Å²) in [4.78, 5) is 9.63. The van der Waals surface area contributed by atoms with Crippen molar-refractivity contribution in [2.75, 3.05) is 0 Å². The minimum Gasteiger partial charge on any atom is -0.290 e. The first-order valence-corrected chi connectivity index (χ1v) is 13.7. The fourth-order valence-electron chi connectivity index (χ4n) is 6.25. The fraction of sp³-hybridized carbons (Fsp3) is 0. The second kappa shape index (κ2) is 8.41. The molecule has 0 unspecified atom stereocenters. The Hall–Kier alpha value is -5.68. The van der Waals surface area contributed by atoms with Gasteiger partial charge in [0.25, 0.3) is 0 Å². The average molecular weight is 524 g/mol. The molecule has 3 heterocycles. The van der Waals surface area contributed by atoms with E-state index in [2.05, 4.69) is 120 Å². The predicted octanol–water partition coefficient (Wildman–Crippen LogP) is 8.64. The summed E-state index contributed by atoms with van der Waals surface area (Å²) in [5, 5.41) is 19.2. The SMILES string of the molecule is c1ccc2cc(-c3nnc(-n4c5cc6ccccc6cc5c5c6ccccc6ccc54)c4nccnc34)ccc2c1. The molecule has 0 N–H and O–H groups in total. The number of nitrogens with zero attached hydrogens (tertiary/aromatic N) is 5. The quantitative estimate of drug-likeness (QED) is 0.228. The molecule has 3 aromatic heterocycles. The van der Waals surface area contributed by atoms with Crippen molar-refractivity contribution in [2.45, 2.75) is 0 Å². The van der Waals surface area contributed by atoms with Crippen LogP contribution in [0.3, 0.4) is 0 Å². The lowest BCUT2D eigenvalue weighted by Gasteiger charge is -2.12. The number of fused-ring (bicyclic) bond motifs is 8. The zero-order valence-corrected chi connectivity index (χ0v) is 21.9. The number of rotatable bonds is 2. The third-order valence-corrected chi connectivity index (χ3v) is 8.14. The van der Waals surface area contributed by atoms with Crippen molar-refractivity contribution in [3.05, 3.63) is 128 Å². The van der Waals surface area contributed by atoms with Crippen LogP contribution in [0.15, 0.2) is 128 Å². The third kappa shape index (κ3) is 3.23. The summed E-state index contributed by atoms with van der Waals surface area (Å²) in [6.07, 6.45) is 3.46. The Morgan fingerprint density at radius 3 is 1.95 bits per heavy atom. The van der Waals surface area contributed by atoms with E-state index in [-0.39, 0.29) is 0 Å². The Bertz CT molecular complexity index is 2490. The number of hydrogen-bond acceptors (Lipinski definition) is 4. The lowest BCUT2D eigenvalue weighted by molar-refractivity contribution is 0.965. The van der Waals surface area contributed by atoms with Crippen molar-refractivity contribution in [1.29, 1.82) is 0 Å². The zero-order chi connectivity index (χ0) is 26.9. The maximum absolute atomic E-state index is 4.88. The van der Waals surface area contributed by atoms with Crippen molar-refractivity contribution < 1.29 is 0 Å². The van der Waals surface area contributed by atoms with Crippen LogP contribution in [0, 0.1) is 0 Å². The molecule has 41 heavy (non-hydrogen) atoms. The van der Waals surface area contributed by atoms with Crippen LogP contribution in [-0.4, -0.2) is 24.7 Å². The van der Waals surface area contributed by atoms with Crippen LogP contribution in [0.25, 0.3) is 82.2 Å². The van der Waals surface area contributed by atoms with Gasteiger partial charge in [0.15, 0.2) is 5.82 Å². The molecular formula is C36H21N5. The fourth-order valence-corrected chi connectivity index (χ4v) is 6.25. The van der Waals surface area contributed by atoms with Gasteiger partial charge in [-0.2, -0.15) is 0 Å². The van der Waals surface area contributed by atoms with Crippen LogP contribution in [0.2, 0.25) is 0 Å². The summed E-state index contributed by atoms with van der Waals surface area (Å²) in [5.41, 5.74) is 5.25. The Labute approximate surface area is 234 Å². The highest BCUT2D eigenvalue weighted by atomic mass is 15.2. The van der Waals surface area contributed by atoms with Crippen LogP contribution in [0.5, 0.6) is 0 Å². The van der Waals surface area contributed by atoms with E-state index in [0.717, 1.165) is 33.2 Å². The lowest BCUT2D eigenvalue weighted by atomic mass is 10.0. The molecule has 0 aliphatic rings. The van der Waals surface area contributed by atoms with Crippen molar-refractivity contribution in [3.63, 3.8) is 0 Å². The molecule has 0 bridgehead atoms. The molecule has 5 heteroatoms. The molecule has 0 fully saturated rings. The Morgan fingerprint density at radius 2 is 1.12 bits per heavy atom. The Balaban J connectivity index is 1.40. The molecule has 190 valence electrons.